The van der Waals surface area contributed by atoms with Crippen LogP contribution >= 0.6 is 24.0 Å². The van der Waals surface area contributed by atoms with E-state index in [0.29, 0.717) is 5.41 Å². The van der Waals surface area contributed by atoms with E-state index >= 15 is 0 Å². The van der Waals surface area contributed by atoms with Gasteiger partial charge in [-0.25, -0.2) is 4.99 Å². The number of likely N-dealkylation sites (tertiary alicyclic amines) is 1. The molecule has 6 heteroatoms. The third-order valence-electron chi connectivity index (χ3n) is 5.66. The first-order valence-electron chi connectivity index (χ1n) is 9.30. The highest BCUT2D eigenvalue weighted by Gasteiger charge is 2.43. The Kier molecular flexibility index (Phi) is 7.32. The van der Waals surface area contributed by atoms with Crippen molar-refractivity contribution in [2.24, 2.45) is 10.4 Å². The van der Waals surface area contributed by atoms with Crippen LogP contribution in [0, 0.1) is 5.41 Å². The van der Waals surface area contributed by atoms with Gasteiger partial charge in [-0.3, -0.25) is 4.79 Å². The molecule has 3 rings (SSSR count). The van der Waals surface area contributed by atoms with E-state index in [0.717, 1.165) is 19.0 Å². The molecule has 1 saturated heterocycles. The highest BCUT2D eigenvalue weighted by atomic mass is 127. The molecule has 1 aliphatic carbocycles. The summed E-state index contributed by atoms with van der Waals surface area (Å²) in [5.74, 6) is 0.902. The van der Waals surface area contributed by atoms with Crippen molar-refractivity contribution in [3.05, 3.63) is 35.9 Å². The molecule has 2 fully saturated rings. The number of carbonyl (C=O) groups excluding carboxylic acids is 1. The Morgan fingerprint density at radius 2 is 1.96 bits per heavy atom. The standard InChI is InChI=1S/C20H30N4O.HI/c1-16(17-8-5-4-6-9-17)22-19(21-14-18(25)23(2)3)24-13-12-20(15-24)10-7-11-20;/h4-6,8-9,16H,7,10-15H2,1-3H3,(H,21,22);1H. The summed E-state index contributed by atoms with van der Waals surface area (Å²) in [5, 5.41) is 3.56. The van der Waals surface area contributed by atoms with Gasteiger partial charge >= 0.3 is 0 Å². The summed E-state index contributed by atoms with van der Waals surface area (Å²) < 4.78 is 0. The van der Waals surface area contributed by atoms with E-state index in [9.17, 15) is 4.79 Å². The van der Waals surface area contributed by atoms with Crippen molar-refractivity contribution in [3.8, 4) is 0 Å². The zero-order chi connectivity index (χ0) is 17.9. The second-order valence-electron chi connectivity index (χ2n) is 7.73. The van der Waals surface area contributed by atoms with Gasteiger partial charge in [-0.15, -0.1) is 24.0 Å². The van der Waals surface area contributed by atoms with Crippen LogP contribution in [-0.2, 0) is 4.79 Å². The van der Waals surface area contributed by atoms with Crippen LogP contribution in [0.1, 0.15) is 44.2 Å². The molecule has 26 heavy (non-hydrogen) atoms. The minimum atomic E-state index is 0. The maximum absolute atomic E-state index is 12.0. The van der Waals surface area contributed by atoms with Crippen LogP contribution in [0.3, 0.4) is 0 Å². The number of nitrogens with zero attached hydrogens (tertiary/aromatic N) is 3. The first-order chi connectivity index (χ1) is 12.0. The minimum absolute atomic E-state index is 0. The van der Waals surface area contributed by atoms with Gasteiger partial charge in [-0.2, -0.15) is 0 Å². The predicted molar refractivity (Wildman–Crippen MR) is 117 cm³/mol. The molecule has 1 amide bonds. The van der Waals surface area contributed by atoms with Crippen LogP contribution in [0.15, 0.2) is 35.3 Å². The quantitative estimate of drug-likeness (QED) is 0.418. The lowest BCUT2D eigenvalue weighted by Crippen LogP contribution is -2.44. The summed E-state index contributed by atoms with van der Waals surface area (Å²) in [7, 11) is 3.55. The molecule has 1 saturated carbocycles. The van der Waals surface area contributed by atoms with Gasteiger partial charge in [0.15, 0.2) is 5.96 Å². The smallest absolute Gasteiger partial charge is 0.243 e. The molecule has 1 atom stereocenters. The summed E-state index contributed by atoms with van der Waals surface area (Å²) >= 11 is 0. The van der Waals surface area contributed by atoms with Crippen LogP contribution in [-0.4, -0.2) is 55.4 Å². The second kappa shape index (κ2) is 9.06. The zero-order valence-corrected chi connectivity index (χ0v) is 18.4. The first kappa shape index (κ1) is 21.0. The maximum Gasteiger partial charge on any atom is 0.243 e. The molecule has 1 N–H and O–H groups in total. The number of rotatable bonds is 4. The van der Waals surface area contributed by atoms with Crippen molar-refractivity contribution < 1.29 is 4.79 Å². The predicted octanol–water partition coefficient (Wildman–Crippen LogP) is 3.28. The van der Waals surface area contributed by atoms with Crippen LogP contribution in [0.5, 0.6) is 0 Å². The summed E-state index contributed by atoms with van der Waals surface area (Å²) in [6, 6.07) is 10.5. The van der Waals surface area contributed by atoms with Crippen molar-refractivity contribution in [2.75, 3.05) is 33.7 Å². The molecule has 1 unspecified atom stereocenters. The second-order valence-corrected chi connectivity index (χ2v) is 7.73. The normalized spacial score (nSPS) is 19.5. The Labute approximate surface area is 174 Å². The Hall–Kier alpha value is -1.31. The van der Waals surface area contributed by atoms with E-state index in [2.05, 4.69) is 46.4 Å². The zero-order valence-electron chi connectivity index (χ0n) is 16.1. The number of guanidine groups is 1. The van der Waals surface area contributed by atoms with E-state index < -0.39 is 0 Å². The Morgan fingerprint density at radius 3 is 2.50 bits per heavy atom. The summed E-state index contributed by atoms with van der Waals surface area (Å²) in [5.41, 5.74) is 1.73. The van der Waals surface area contributed by atoms with E-state index in [4.69, 9.17) is 0 Å². The van der Waals surface area contributed by atoms with Gasteiger partial charge in [0.1, 0.15) is 6.54 Å². The largest absolute Gasteiger partial charge is 0.350 e. The number of likely N-dealkylation sites (N-methyl/N-ethyl adjacent to an activating group) is 1. The minimum Gasteiger partial charge on any atom is -0.350 e. The van der Waals surface area contributed by atoms with Crippen LogP contribution in [0.4, 0.5) is 0 Å². The van der Waals surface area contributed by atoms with Gasteiger partial charge in [0.05, 0.1) is 6.04 Å². The highest BCUT2D eigenvalue weighted by Crippen LogP contribution is 2.47. The first-order valence-corrected chi connectivity index (χ1v) is 9.30. The maximum atomic E-state index is 12.0. The summed E-state index contributed by atoms with van der Waals surface area (Å²) in [6.45, 7) is 4.44. The molecule has 2 aliphatic rings. The number of hydrogen-bond acceptors (Lipinski definition) is 2. The molecule has 0 bridgehead atoms. The van der Waals surface area contributed by atoms with Crippen molar-refractivity contribution in [1.82, 2.24) is 15.1 Å². The molecule has 1 spiro atoms. The molecular weight excluding hydrogens is 439 g/mol. The van der Waals surface area contributed by atoms with Gasteiger partial charge in [0.25, 0.3) is 0 Å². The topological polar surface area (TPSA) is 47.9 Å². The molecule has 0 aromatic heterocycles. The number of halogens is 1. The fourth-order valence-corrected chi connectivity index (χ4v) is 3.74. The Bertz CT molecular complexity index is 628. The molecular formula is C20H31IN4O. The lowest BCUT2D eigenvalue weighted by Gasteiger charge is -2.38. The SMILES string of the molecule is CC(NC(=NCC(=O)N(C)C)N1CCC2(CCC2)C1)c1ccccc1.I. The monoisotopic (exact) mass is 470 g/mol. The van der Waals surface area contributed by atoms with Crippen LogP contribution in [0.2, 0.25) is 0 Å². The Morgan fingerprint density at radius 1 is 1.27 bits per heavy atom. The fourth-order valence-electron chi connectivity index (χ4n) is 3.74. The van der Waals surface area contributed by atoms with Crippen LogP contribution in [0.25, 0.3) is 0 Å². The van der Waals surface area contributed by atoms with Crippen molar-refractivity contribution >= 4 is 35.8 Å². The van der Waals surface area contributed by atoms with Gasteiger partial charge in [-0.05, 0) is 37.2 Å². The molecule has 1 aromatic carbocycles. The lowest BCUT2D eigenvalue weighted by atomic mass is 9.68. The number of aliphatic imine (C=N–C) groups is 1. The molecule has 1 aromatic rings. The van der Waals surface area contributed by atoms with E-state index in [1.807, 2.05) is 6.07 Å². The van der Waals surface area contributed by atoms with Gasteiger partial charge < -0.3 is 15.1 Å². The van der Waals surface area contributed by atoms with E-state index in [1.54, 1.807) is 19.0 Å². The Balaban J connectivity index is 0.00000243. The van der Waals surface area contributed by atoms with Gasteiger partial charge in [0, 0.05) is 27.2 Å². The van der Waals surface area contributed by atoms with E-state index in [-0.39, 0.29) is 42.5 Å². The molecule has 1 aliphatic heterocycles. The fraction of sp³-hybridized carbons (Fsp3) is 0.600. The highest BCUT2D eigenvalue weighted by molar-refractivity contribution is 14.0. The number of amides is 1. The van der Waals surface area contributed by atoms with Gasteiger partial charge in [0.2, 0.25) is 5.91 Å². The number of nitrogens with one attached hydrogen (secondary N) is 1. The average molecular weight is 470 g/mol. The van der Waals surface area contributed by atoms with Crippen LogP contribution < -0.4 is 5.32 Å². The third-order valence-corrected chi connectivity index (χ3v) is 5.66. The van der Waals surface area contributed by atoms with Gasteiger partial charge in [-0.1, -0.05) is 36.8 Å². The van der Waals surface area contributed by atoms with Crippen molar-refractivity contribution in [3.63, 3.8) is 0 Å². The third kappa shape index (κ3) is 4.90. The lowest BCUT2D eigenvalue weighted by molar-refractivity contribution is -0.127. The number of hydrogen-bond donors (Lipinski definition) is 1. The number of carbonyl (C=O) groups is 1. The molecule has 5 nitrogen and oxygen atoms in total. The van der Waals surface area contributed by atoms with Crippen molar-refractivity contribution in [2.45, 2.75) is 38.6 Å². The van der Waals surface area contributed by atoms with E-state index in [1.165, 1.54) is 31.2 Å². The summed E-state index contributed by atoms with van der Waals surface area (Å²) in [4.78, 5) is 20.6. The molecule has 144 valence electrons. The molecule has 0 radical (unpaired) electrons. The number of benzene rings is 1. The summed E-state index contributed by atoms with van der Waals surface area (Å²) in [6.07, 6.45) is 5.27. The van der Waals surface area contributed by atoms with Crippen molar-refractivity contribution in [1.29, 1.82) is 0 Å². The average Bonchev–Trinajstić information content (AvgIpc) is 3.04. The molecule has 1 heterocycles.